The molecule has 14 rings (SSSR count). The molecule has 0 aliphatic heterocycles. The number of carbonyl (C=O) groups excluding carboxylic acids is 3. The standard InChI is InChI=1S/C19H17ClN6O2.C18H15ClN6O2.C17H13ClN6O2.C9H13N3O.C7H8O3S/c1-3-28-18(27)15-7-11-6-12(8-13(20)17(11)24-15)23-19-21-5-4-14(25-19)16-9-26(2)10-22-16;1-25-8-15(21-9-25)13-3-4-20-18(24-13)22-11-5-10-6-14(17(26)27-2)23-16(10)12(19)7-11;1-24-7-14(20-8-24)12-2-3-19-17(23-12)21-10-4-9-5-13(16(25)26)22-15(9)11(18)6-10;1-11(2)5-4-9(13)8-6-12(3)7-10-8;1-6-2-4-7(5-3-6)11(8,9)10/h4-10,24H,3H2,1-2H3,(H,21,23,25);3-9,23H,1-2H3,(H,20,22,24);2-8,22H,1H3,(H,25,26)(H,19,21,23);4-7H,1-3H3;2-5H,1H3,(H,8,9,10)/b;;;5-4+;. The van der Waals surface area contributed by atoms with Gasteiger partial charge in [0, 0.05) is 131 Å². The van der Waals surface area contributed by atoms with Gasteiger partial charge in [-0.2, -0.15) is 8.42 Å². The molecule has 0 atom stereocenters. The van der Waals surface area contributed by atoms with Crippen molar-refractivity contribution in [3.8, 4) is 34.2 Å². The number of halogens is 3. The predicted molar refractivity (Wildman–Crippen MR) is 398 cm³/mol. The highest BCUT2D eigenvalue weighted by Crippen LogP contribution is 2.33. The number of methoxy groups -OCH3 is 1. The van der Waals surface area contributed by atoms with Crippen molar-refractivity contribution >= 4 is 136 Å². The molecule has 538 valence electrons. The number of H-pyrrole nitrogens is 3. The van der Waals surface area contributed by atoms with E-state index >= 15 is 0 Å². The summed E-state index contributed by atoms with van der Waals surface area (Å²) in [6, 6.07) is 26.9. The smallest absolute Gasteiger partial charge is 0.354 e. The number of anilines is 6. The van der Waals surface area contributed by atoms with Crippen LogP contribution in [0.4, 0.5) is 34.9 Å². The molecule has 4 aromatic carbocycles. The highest BCUT2D eigenvalue weighted by Gasteiger charge is 2.18. The molecule has 0 amide bonds. The first-order valence-corrected chi connectivity index (χ1v) is 33.8. The third-order valence-corrected chi connectivity index (χ3v) is 16.4. The van der Waals surface area contributed by atoms with Crippen LogP contribution in [0.2, 0.25) is 15.1 Å². The molecule has 0 saturated carbocycles. The number of hydrogen-bond acceptors (Lipinski definition) is 22. The topological polar surface area (TPSA) is 397 Å². The van der Waals surface area contributed by atoms with Crippen LogP contribution in [0.25, 0.3) is 66.9 Å². The van der Waals surface area contributed by atoms with Crippen LogP contribution in [0.5, 0.6) is 0 Å². The molecule has 0 unspecified atom stereocenters. The van der Waals surface area contributed by atoms with Crippen molar-refractivity contribution < 1.29 is 46.7 Å². The Labute approximate surface area is 613 Å². The highest BCUT2D eigenvalue weighted by atomic mass is 35.5. The number of benzene rings is 4. The number of rotatable bonds is 17. The molecule has 14 aromatic rings. The van der Waals surface area contributed by atoms with E-state index in [0.29, 0.717) is 113 Å². The normalized spacial score (nSPS) is 11.0. The predicted octanol–water partition coefficient (Wildman–Crippen LogP) is 12.8. The SMILES string of the molecule is CCOC(=O)c1cc2cc(Nc3nccc(-c4cn(C)cn4)n3)cc(Cl)c2[nH]1.CN(C)/C=C/C(=O)c1cn(C)cn1.COC(=O)c1cc2cc(Nc3nccc(-c4cn(C)cn4)n3)cc(Cl)c2[nH]1.Cc1ccc(S(=O)(=O)O)cc1.Cn1cnc(-c2ccnc(Nc3cc(Cl)c4[nH]c(C(=O)O)cc4c3)n2)c1. The summed E-state index contributed by atoms with van der Waals surface area (Å²) in [6.07, 6.45) is 22.2. The molecule has 0 spiro atoms. The molecule has 35 heteroatoms. The number of allylic oxidation sites excluding steroid dienone is 1. The summed E-state index contributed by atoms with van der Waals surface area (Å²) >= 11 is 19.0. The lowest BCUT2D eigenvalue weighted by molar-refractivity contribution is 0.0519. The van der Waals surface area contributed by atoms with Crippen molar-refractivity contribution in [2.24, 2.45) is 28.2 Å². The van der Waals surface area contributed by atoms with E-state index < -0.39 is 28.0 Å². The fourth-order valence-corrected chi connectivity index (χ4v) is 11.0. The fourth-order valence-electron chi connectivity index (χ4n) is 9.73. The molecular formula is C70H66Cl3N21O10S. The Hall–Kier alpha value is -12.6. The number of aromatic carboxylic acids is 1. The minimum Gasteiger partial charge on any atom is -0.477 e. The first-order chi connectivity index (χ1) is 50.1. The summed E-state index contributed by atoms with van der Waals surface area (Å²) in [5, 5.41) is 22.0. The van der Waals surface area contributed by atoms with E-state index in [4.69, 9.17) is 53.9 Å². The van der Waals surface area contributed by atoms with Gasteiger partial charge in [-0.3, -0.25) is 9.35 Å². The van der Waals surface area contributed by atoms with E-state index in [1.165, 1.54) is 31.4 Å². The zero-order valence-corrected chi connectivity index (χ0v) is 60.4. The third-order valence-electron chi connectivity index (χ3n) is 14.6. The Balaban J connectivity index is 0.000000146. The molecule has 8 N–H and O–H groups in total. The van der Waals surface area contributed by atoms with Crippen LogP contribution >= 0.6 is 34.8 Å². The quantitative estimate of drug-likeness (QED) is 0.0182. The third kappa shape index (κ3) is 19.9. The summed E-state index contributed by atoms with van der Waals surface area (Å²) in [6.45, 7) is 3.90. The Kier molecular flexibility index (Phi) is 23.9. The number of hydrogen-bond donors (Lipinski definition) is 8. The molecule has 0 fully saturated rings. The summed E-state index contributed by atoms with van der Waals surface area (Å²) in [5.41, 5.74) is 10.5. The van der Waals surface area contributed by atoms with Crippen molar-refractivity contribution in [3.63, 3.8) is 0 Å². The van der Waals surface area contributed by atoms with E-state index in [9.17, 15) is 27.6 Å². The number of aryl methyl sites for hydroxylation is 5. The number of carboxylic acid groups (broad SMARTS) is 1. The van der Waals surface area contributed by atoms with Crippen LogP contribution in [-0.2, 0) is 47.8 Å². The van der Waals surface area contributed by atoms with Gasteiger partial charge < -0.3 is 68.7 Å². The first kappa shape index (κ1) is 75.1. The Morgan fingerprint density at radius 1 is 0.533 bits per heavy atom. The highest BCUT2D eigenvalue weighted by molar-refractivity contribution is 7.85. The number of aromatic amines is 3. The molecule has 0 radical (unpaired) electrons. The number of imidazole rings is 4. The summed E-state index contributed by atoms with van der Waals surface area (Å²) < 4.78 is 46.6. The molecule has 31 nitrogen and oxygen atoms in total. The maximum absolute atomic E-state index is 11.9. The van der Waals surface area contributed by atoms with E-state index in [2.05, 4.69) is 80.7 Å². The Morgan fingerprint density at radius 3 is 1.26 bits per heavy atom. The van der Waals surface area contributed by atoms with E-state index in [-0.39, 0.29) is 16.4 Å². The molecule has 105 heavy (non-hydrogen) atoms. The minimum atomic E-state index is -4.02. The first-order valence-electron chi connectivity index (χ1n) is 31.3. The van der Waals surface area contributed by atoms with Crippen LogP contribution in [0.1, 0.15) is 54.4 Å². The lowest BCUT2D eigenvalue weighted by Crippen LogP contribution is -2.04. The van der Waals surface area contributed by atoms with Gasteiger partial charge in [0.1, 0.15) is 39.9 Å². The lowest BCUT2D eigenvalue weighted by Gasteiger charge is -2.07. The number of ketones is 1. The average Bonchev–Trinajstić information content (AvgIpc) is 1.64. The van der Waals surface area contributed by atoms with Crippen molar-refractivity contribution in [3.05, 3.63) is 221 Å². The number of aromatic nitrogens is 17. The zero-order chi connectivity index (χ0) is 75.2. The summed E-state index contributed by atoms with van der Waals surface area (Å²) in [7, 11) is 8.55. The molecule has 0 aliphatic rings. The van der Waals surface area contributed by atoms with Crippen LogP contribution in [-0.4, -0.2) is 158 Å². The van der Waals surface area contributed by atoms with Crippen molar-refractivity contribution in [2.75, 3.05) is 43.8 Å². The lowest BCUT2D eigenvalue weighted by atomic mass is 10.2. The number of fused-ring (bicyclic) bond motifs is 3. The van der Waals surface area contributed by atoms with Gasteiger partial charge in [0.25, 0.3) is 10.1 Å². The molecule has 0 saturated heterocycles. The van der Waals surface area contributed by atoms with Crippen LogP contribution < -0.4 is 16.0 Å². The van der Waals surface area contributed by atoms with Gasteiger partial charge in [0.05, 0.1) is 92.6 Å². The van der Waals surface area contributed by atoms with E-state index in [1.54, 1.807) is 139 Å². The van der Waals surface area contributed by atoms with Crippen LogP contribution in [0, 0.1) is 6.92 Å². The number of carbonyl (C=O) groups is 4. The second-order valence-corrected chi connectivity index (χ2v) is 25.8. The maximum Gasteiger partial charge on any atom is 0.354 e. The zero-order valence-electron chi connectivity index (χ0n) is 57.4. The van der Waals surface area contributed by atoms with Crippen molar-refractivity contribution in [1.82, 2.24) is 88.0 Å². The van der Waals surface area contributed by atoms with Crippen LogP contribution in [0.15, 0.2) is 183 Å². The number of nitrogens with one attached hydrogen (secondary N) is 6. The van der Waals surface area contributed by atoms with E-state index in [1.807, 2.05) is 93.6 Å². The largest absolute Gasteiger partial charge is 0.477 e. The molecular weight excluding hydrogens is 1430 g/mol. The Bertz CT molecular complexity index is 5630. The van der Waals surface area contributed by atoms with Gasteiger partial charge in [-0.05, 0) is 98.8 Å². The van der Waals surface area contributed by atoms with Gasteiger partial charge >= 0.3 is 17.9 Å². The molecule has 10 aromatic heterocycles. The fraction of sp³-hybridized carbons (Fsp3) is 0.143. The van der Waals surface area contributed by atoms with E-state index in [0.717, 1.165) is 33.4 Å². The monoisotopic (exact) mass is 1500 g/mol. The van der Waals surface area contributed by atoms with Gasteiger partial charge in [0.2, 0.25) is 23.6 Å². The average molecular weight is 1500 g/mol. The van der Waals surface area contributed by atoms with Gasteiger partial charge in [0.15, 0.2) is 0 Å². The number of carboxylic acids is 1. The summed E-state index contributed by atoms with van der Waals surface area (Å²) in [5.74, 6) is -0.777. The van der Waals surface area contributed by atoms with Crippen LogP contribution in [0.3, 0.4) is 0 Å². The molecule has 10 heterocycles. The second kappa shape index (κ2) is 33.5. The number of ether oxygens (including phenoxy) is 2. The van der Waals surface area contributed by atoms with Gasteiger partial charge in [-0.1, -0.05) is 52.5 Å². The van der Waals surface area contributed by atoms with Gasteiger partial charge in [-0.15, -0.1) is 0 Å². The van der Waals surface area contributed by atoms with Gasteiger partial charge in [-0.25, -0.2) is 64.2 Å². The van der Waals surface area contributed by atoms with Crippen molar-refractivity contribution in [2.45, 2.75) is 18.7 Å². The molecule has 0 bridgehead atoms. The molecule has 0 aliphatic carbocycles. The van der Waals surface area contributed by atoms with Crippen molar-refractivity contribution in [1.29, 1.82) is 0 Å². The number of nitrogens with zero attached hydrogens (tertiary/aromatic N) is 15. The Morgan fingerprint density at radius 2 is 0.914 bits per heavy atom. The summed E-state index contributed by atoms with van der Waals surface area (Å²) in [4.78, 5) is 99.5. The number of esters is 2. The maximum atomic E-state index is 11.9. The minimum absolute atomic E-state index is 0.0666. The second-order valence-electron chi connectivity index (χ2n) is 23.1.